The molecule has 0 spiro atoms. The van der Waals surface area contributed by atoms with Gasteiger partial charge in [-0.3, -0.25) is 0 Å². The second kappa shape index (κ2) is 8.28. The molecule has 0 saturated heterocycles. The van der Waals surface area contributed by atoms with Gasteiger partial charge in [-0.2, -0.15) is 5.26 Å². The first-order chi connectivity index (χ1) is 12.7. The van der Waals surface area contributed by atoms with Crippen LogP contribution in [-0.2, 0) is 4.79 Å². The van der Waals surface area contributed by atoms with E-state index >= 15 is 0 Å². The zero-order valence-corrected chi connectivity index (χ0v) is 14.7. The maximum atomic E-state index is 11.0. The van der Waals surface area contributed by atoms with Crippen molar-refractivity contribution < 1.29 is 14.6 Å². The summed E-state index contributed by atoms with van der Waals surface area (Å²) in [7, 11) is 0. The number of para-hydroxylation sites is 2. The Kier molecular flexibility index (Phi) is 5.62. The van der Waals surface area contributed by atoms with Crippen molar-refractivity contribution in [1.29, 1.82) is 5.26 Å². The molecule has 3 rings (SSSR count). The number of carboxylic acids is 1. The van der Waals surface area contributed by atoms with E-state index < -0.39 is 5.97 Å². The number of carbonyl (C=O) groups excluding carboxylic acids is 1. The van der Waals surface area contributed by atoms with Gasteiger partial charge in [0.15, 0.2) is 6.61 Å². The molecule has 3 aromatic rings. The molecular formula is C20H15N2O3S-. The third-order valence-corrected chi connectivity index (χ3v) is 4.82. The van der Waals surface area contributed by atoms with Crippen LogP contribution in [0.1, 0.15) is 23.4 Å². The summed E-state index contributed by atoms with van der Waals surface area (Å²) in [5.74, 6) is -0.535. The molecule has 0 amide bonds. The van der Waals surface area contributed by atoms with Gasteiger partial charge >= 0.3 is 0 Å². The van der Waals surface area contributed by atoms with Crippen LogP contribution in [0.4, 0.5) is 0 Å². The van der Waals surface area contributed by atoms with E-state index in [0.717, 1.165) is 26.4 Å². The lowest BCUT2D eigenvalue weighted by Crippen LogP contribution is -2.21. The number of nitrogens with zero attached hydrogens (tertiary/aromatic N) is 2. The van der Waals surface area contributed by atoms with Crippen LogP contribution in [0.15, 0.2) is 48.5 Å². The summed E-state index contributed by atoms with van der Waals surface area (Å²) in [4.78, 5) is 15.6. The van der Waals surface area contributed by atoms with Gasteiger partial charge < -0.3 is 14.6 Å². The molecule has 0 N–H and O–H groups in total. The zero-order valence-electron chi connectivity index (χ0n) is 13.8. The lowest BCUT2D eigenvalue weighted by Gasteiger charge is -2.09. The number of thiazole rings is 1. The van der Waals surface area contributed by atoms with E-state index in [1.165, 1.54) is 11.3 Å². The van der Waals surface area contributed by atoms with Crippen LogP contribution in [0.3, 0.4) is 0 Å². The largest absolute Gasteiger partial charge is 0.550 e. The predicted octanol–water partition coefficient (Wildman–Crippen LogP) is 3.27. The Morgan fingerprint density at radius 3 is 2.73 bits per heavy atom. The minimum atomic E-state index is -1.11. The number of hydrogen-bond acceptors (Lipinski definition) is 6. The number of carboxylic acid groups (broad SMARTS) is 1. The molecule has 0 unspecified atom stereocenters. The highest BCUT2D eigenvalue weighted by Crippen LogP contribution is 2.32. The maximum absolute atomic E-state index is 11.0. The van der Waals surface area contributed by atoms with Gasteiger partial charge in [-0.1, -0.05) is 30.3 Å². The number of nitriles is 1. The van der Waals surface area contributed by atoms with E-state index in [0.29, 0.717) is 12.2 Å². The van der Waals surface area contributed by atoms with Gasteiger partial charge in [0.2, 0.25) is 0 Å². The Morgan fingerprint density at radius 1 is 1.19 bits per heavy atom. The molecule has 0 atom stereocenters. The molecule has 0 bridgehead atoms. The van der Waals surface area contributed by atoms with E-state index in [9.17, 15) is 9.90 Å². The Labute approximate surface area is 154 Å². The second-order valence-corrected chi connectivity index (χ2v) is 6.54. The zero-order chi connectivity index (χ0) is 18.4. The summed E-state index contributed by atoms with van der Waals surface area (Å²) < 4.78 is 6.49. The third kappa shape index (κ3) is 4.26. The average Bonchev–Trinajstić information content (AvgIpc) is 3.08. The molecule has 0 radical (unpaired) electrons. The Balaban J connectivity index is 2.02. The van der Waals surface area contributed by atoms with Crippen LogP contribution in [0.2, 0.25) is 0 Å². The van der Waals surface area contributed by atoms with E-state index in [1.54, 1.807) is 6.07 Å². The molecule has 0 saturated carbocycles. The highest BCUT2D eigenvalue weighted by molar-refractivity contribution is 7.19. The van der Waals surface area contributed by atoms with Gasteiger partial charge in [-0.05, 0) is 42.7 Å². The van der Waals surface area contributed by atoms with Crippen LogP contribution in [0.25, 0.3) is 21.9 Å². The molecule has 5 nitrogen and oxygen atoms in total. The third-order valence-electron chi connectivity index (χ3n) is 3.71. The summed E-state index contributed by atoms with van der Waals surface area (Å²) >= 11 is 1.51. The van der Waals surface area contributed by atoms with Crippen molar-refractivity contribution in [2.75, 3.05) is 6.61 Å². The van der Waals surface area contributed by atoms with Crippen molar-refractivity contribution in [2.24, 2.45) is 0 Å². The molecule has 6 heteroatoms. The molecule has 26 heavy (non-hydrogen) atoms. The minimum absolute atomic E-state index is 0.0552. The van der Waals surface area contributed by atoms with Crippen molar-refractivity contribution >= 4 is 39.2 Å². The topological polar surface area (TPSA) is 86.0 Å². The molecule has 1 aromatic heterocycles. The lowest BCUT2D eigenvalue weighted by molar-refractivity contribution is -0.305. The fraction of sp³-hybridized carbons (Fsp3) is 0.150. The average molecular weight is 363 g/mol. The van der Waals surface area contributed by atoms with Crippen LogP contribution >= 0.6 is 11.3 Å². The number of hydrogen-bond donors (Lipinski definition) is 0. The van der Waals surface area contributed by atoms with Gasteiger partial charge in [0.05, 0.1) is 10.2 Å². The Morgan fingerprint density at radius 2 is 1.96 bits per heavy atom. The first kappa shape index (κ1) is 17.6. The molecule has 1 heterocycles. The van der Waals surface area contributed by atoms with Crippen molar-refractivity contribution in [3.63, 3.8) is 0 Å². The Hall–Kier alpha value is -3.17. The highest BCUT2D eigenvalue weighted by atomic mass is 32.1. The number of fused-ring (bicyclic) bond motifs is 1. The Bertz CT molecular complexity index is 968. The highest BCUT2D eigenvalue weighted by Gasteiger charge is 2.11. The normalized spacial score (nSPS) is 11.3. The summed E-state index contributed by atoms with van der Waals surface area (Å²) in [6.45, 7) is -0.0552. The van der Waals surface area contributed by atoms with Gasteiger partial charge in [0, 0.05) is 11.5 Å². The van der Waals surface area contributed by atoms with E-state index in [2.05, 4.69) is 4.98 Å². The van der Waals surface area contributed by atoms with Gasteiger partial charge in [0.25, 0.3) is 0 Å². The number of aliphatic carboxylic acids is 1. The summed E-state index contributed by atoms with van der Waals surface area (Å²) in [6, 6.07) is 17.0. The summed E-state index contributed by atoms with van der Waals surface area (Å²) in [6.07, 6.45) is 2.07. The molecule has 2 aromatic carbocycles. The van der Waals surface area contributed by atoms with Crippen molar-refractivity contribution in [3.05, 3.63) is 59.1 Å². The minimum Gasteiger partial charge on any atom is -0.550 e. The SMILES string of the molecule is N#CCOc1ccccc1/C=C(\CCC(=O)[O-])c1nc2ccccc2s1. The van der Waals surface area contributed by atoms with E-state index in [4.69, 9.17) is 10.00 Å². The maximum Gasteiger partial charge on any atom is 0.174 e. The standard InChI is InChI=1S/C20H16N2O3S/c21-11-12-25-17-7-3-1-5-14(17)13-15(9-10-19(23)24)20-22-16-6-2-4-8-18(16)26-20/h1-8,13H,9-10,12H2,(H,23,24)/p-1/b15-13+. The smallest absolute Gasteiger partial charge is 0.174 e. The molecule has 130 valence electrons. The van der Waals surface area contributed by atoms with Crippen LogP contribution in [0.5, 0.6) is 5.75 Å². The van der Waals surface area contributed by atoms with Crippen LogP contribution in [0, 0.1) is 11.3 Å². The molecule has 0 aliphatic heterocycles. The fourth-order valence-corrected chi connectivity index (χ4v) is 3.53. The molecule has 0 aliphatic carbocycles. The van der Waals surface area contributed by atoms with E-state index in [1.807, 2.05) is 54.6 Å². The second-order valence-electron chi connectivity index (χ2n) is 5.51. The number of aromatic nitrogens is 1. The lowest BCUT2D eigenvalue weighted by atomic mass is 10.1. The number of carbonyl (C=O) groups is 1. The monoisotopic (exact) mass is 363 g/mol. The quantitative estimate of drug-likeness (QED) is 0.643. The van der Waals surface area contributed by atoms with Crippen molar-refractivity contribution in [2.45, 2.75) is 12.8 Å². The molecular weight excluding hydrogens is 348 g/mol. The van der Waals surface area contributed by atoms with Crippen molar-refractivity contribution in [3.8, 4) is 11.8 Å². The summed E-state index contributed by atoms with van der Waals surface area (Å²) in [5.41, 5.74) is 2.44. The number of allylic oxidation sites excluding steroid dienone is 1. The van der Waals surface area contributed by atoms with Gasteiger partial charge in [0.1, 0.15) is 16.8 Å². The van der Waals surface area contributed by atoms with Gasteiger partial charge in [-0.25, -0.2) is 4.98 Å². The first-order valence-electron chi connectivity index (χ1n) is 8.02. The number of ether oxygens (including phenoxy) is 1. The first-order valence-corrected chi connectivity index (χ1v) is 8.84. The van der Waals surface area contributed by atoms with Crippen LogP contribution in [-0.4, -0.2) is 17.6 Å². The van der Waals surface area contributed by atoms with Crippen molar-refractivity contribution in [1.82, 2.24) is 4.98 Å². The van der Waals surface area contributed by atoms with Crippen LogP contribution < -0.4 is 9.84 Å². The van der Waals surface area contributed by atoms with E-state index in [-0.39, 0.29) is 13.0 Å². The molecule has 0 aliphatic rings. The predicted molar refractivity (Wildman–Crippen MR) is 99.3 cm³/mol. The number of benzene rings is 2. The fourth-order valence-electron chi connectivity index (χ4n) is 2.52. The number of rotatable bonds is 7. The van der Waals surface area contributed by atoms with Gasteiger partial charge in [-0.15, -0.1) is 11.3 Å². The molecule has 0 fully saturated rings. The summed E-state index contributed by atoms with van der Waals surface area (Å²) in [5, 5.41) is 20.5.